The van der Waals surface area contributed by atoms with Gasteiger partial charge in [0.1, 0.15) is 22.8 Å². The molecular weight excluding hydrogens is 406 g/mol. The van der Waals surface area contributed by atoms with Crippen LogP contribution in [0.1, 0.15) is 18.1 Å². The normalized spacial score (nSPS) is 18.4. The van der Waals surface area contributed by atoms with Gasteiger partial charge in [-0.05, 0) is 54.0 Å². The molecule has 3 N–H and O–H groups in total. The molecule has 6 heteroatoms. The van der Waals surface area contributed by atoms with Crippen LogP contribution < -0.4 is 10.1 Å². The number of phenolic OH excluding ortho intramolecular Hbond substituents is 1. The van der Waals surface area contributed by atoms with E-state index in [0.29, 0.717) is 11.3 Å². The van der Waals surface area contributed by atoms with Gasteiger partial charge in [-0.2, -0.15) is 0 Å². The number of aliphatic hydroxyl groups excluding tert-OH is 1. The van der Waals surface area contributed by atoms with Crippen molar-refractivity contribution in [3.63, 3.8) is 0 Å². The summed E-state index contributed by atoms with van der Waals surface area (Å²) in [7, 11) is 1.58. The number of ether oxygens (including phenoxy) is 1. The number of carbonyl (C=O) groups excluding carboxylic acids is 2. The third-order valence-corrected chi connectivity index (χ3v) is 5.02. The van der Waals surface area contributed by atoms with Crippen LogP contribution >= 0.6 is 0 Å². The molecule has 32 heavy (non-hydrogen) atoms. The summed E-state index contributed by atoms with van der Waals surface area (Å²) in [5.41, 5.74) is 1.92. The molecule has 1 fully saturated rings. The SMILES string of the molecule is C/C=C/C=C/C(=C\C(O)=C1\C(=O)N[C@@H](Cc2ccc(O)cc2)C1=O)c1ccc(OC)cc1. The molecule has 164 valence electrons. The summed E-state index contributed by atoms with van der Waals surface area (Å²) in [6.45, 7) is 1.89. The number of allylic oxidation sites excluding steroid dienone is 6. The molecule has 0 spiro atoms. The van der Waals surface area contributed by atoms with Gasteiger partial charge in [-0.3, -0.25) is 9.59 Å². The fraction of sp³-hybridized carbons (Fsp3) is 0.154. The van der Waals surface area contributed by atoms with E-state index in [2.05, 4.69) is 5.32 Å². The maximum Gasteiger partial charge on any atom is 0.259 e. The third-order valence-electron chi connectivity index (χ3n) is 5.02. The van der Waals surface area contributed by atoms with E-state index in [9.17, 15) is 19.8 Å². The Bertz CT molecular complexity index is 1110. The van der Waals surface area contributed by atoms with Gasteiger partial charge in [0.15, 0.2) is 5.78 Å². The van der Waals surface area contributed by atoms with Gasteiger partial charge >= 0.3 is 0 Å². The topological polar surface area (TPSA) is 95.9 Å². The highest BCUT2D eigenvalue weighted by Crippen LogP contribution is 2.24. The zero-order valence-corrected chi connectivity index (χ0v) is 17.9. The van der Waals surface area contributed by atoms with Crippen LogP contribution in [0, 0.1) is 0 Å². The number of carbonyl (C=O) groups is 2. The van der Waals surface area contributed by atoms with Crippen molar-refractivity contribution in [3.8, 4) is 11.5 Å². The molecule has 1 amide bonds. The Hall–Kier alpha value is -4.06. The Kier molecular flexibility index (Phi) is 7.29. The molecule has 1 aliphatic heterocycles. The van der Waals surface area contributed by atoms with Crippen molar-refractivity contribution in [1.82, 2.24) is 5.32 Å². The molecule has 1 aliphatic rings. The van der Waals surface area contributed by atoms with Crippen molar-refractivity contribution in [2.45, 2.75) is 19.4 Å². The predicted molar refractivity (Wildman–Crippen MR) is 123 cm³/mol. The third kappa shape index (κ3) is 5.35. The zero-order chi connectivity index (χ0) is 23.1. The van der Waals surface area contributed by atoms with Gasteiger partial charge in [-0.25, -0.2) is 0 Å². The van der Waals surface area contributed by atoms with Crippen LogP contribution in [0.25, 0.3) is 5.57 Å². The summed E-state index contributed by atoms with van der Waals surface area (Å²) in [5.74, 6) is -0.662. The van der Waals surface area contributed by atoms with E-state index in [-0.39, 0.29) is 17.7 Å². The molecule has 1 atom stereocenters. The molecule has 1 heterocycles. The van der Waals surface area contributed by atoms with Gasteiger partial charge in [0.05, 0.1) is 13.2 Å². The molecule has 1 saturated heterocycles. The fourth-order valence-corrected chi connectivity index (χ4v) is 3.34. The second kappa shape index (κ2) is 10.3. The van der Waals surface area contributed by atoms with E-state index in [1.54, 1.807) is 43.5 Å². The summed E-state index contributed by atoms with van der Waals surface area (Å²) in [4.78, 5) is 25.3. The molecule has 0 radical (unpaired) electrons. The second-order valence-electron chi connectivity index (χ2n) is 7.23. The molecule has 2 aromatic carbocycles. The Morgan fingerprint density at radius 2 is 1.75 bits per heavy atom. The first kappa shape index (κ1) is 22.6. The number of aromatic hydroxyl groups is 1. The van der Waals surface area contributed by atoms with Crippen LogP contribution in [0.5, 0.6) is 11.5 Å². The Morgan fingerprint density at radius 1 is 1.06 bits per heavy atom. The molecule has 3 rings (SSSR count). The van der Waals surface area contributed by atoms with Crippen LogP contribution in [0.3, 0.4) is 0 Å². The van der Waals surface area contributed by atoms with E-state index in [0.717, 1.165) is 11.1 Å². The lowest BCUT2D eigenvalue weighted by atomic mass is 9.99. The number of amides is 1. The van der Waals surface area contributed by atoms with Crippen LogP contribution in [0.2, 0.25) is 0 Å². The highest BCUT2D eigenvalue weighted by Gasteiger charge is 2.38. The van der Waals surface area contributed by atoms with Crippen molar-refractivity contribution >= 4 is 17.3 Å². The Labute approximate surface area is 186 Å². The minimum atomic E-state index is -0.777. The molecule has 2 aromatic rings. The number of nitrogens with one attached hydrogen (secondary N) is 1. The monoisotopic (exact) mass is 431 g/mol. The lowest BCUT2D eigenvalue weighted by Crippen LogP contribution is -2.31. The Balaban J connectivity index is 1.92. The van der Waals surface area contributed by atoms with E-state index in [1.165, 1.54) is 18.2 Å². The predicted octanol–water partition coefficient (Wildman–Crippen LogP) is 4.04. The number of phenols is 1. The molecule has 0 bridgehead atoms. The van der Waals surface area contributed by atoms with Crippen LogP contribution in [-0.2, 0) is 16.0 Å². The number of hydrogen-bond donors (Lipinski definition) is 3. The summed E-state index contributed by atoms with van der Waals surface area (Å²) < 4.78 is 5.19. The quantitative estimate of drug-likeness (QED) is 0.266. The maximum absolute atomic E-state index is 12.9. The van der Waals surface area contributed by atoms with Gasteiger partial charge < -0.3 is 20.3 Å². The number of aliphatic hydroxyl groups is 1. The number of hydrogen-bond acceptors (Lipinski definition) is 5. The molecule has 0 aliphatic carbocycles. The number of Topliss-reactive ketones (excluding diaryl/α,β-unsaturated/α-hetero) is 1. The first-order valence-electron chi connectivity index (χ1n) is 10.1. The molecule has 0 unspecified atom stereocenters. The number of ketones is 1. The smallest absolute Gasteiger partial charge is 0.259 e. The number of benzene rings is 2. The number of methoxy groups -OCH3 is 1. The minimum Gasteiger partial charge on any atom is -0.508 e. The van der Waals surface area contributed by atoms with Crippen LogP contribution in [0.4, 0.5) is 0 Å². The average molecular weight is 431 g/mol. The summed E-state index contributed by atoms with van der Waals surface area (Å²) in [6.07, 6.45) is 8.96. The molecule has 0 saturated carbocycles. The van der Waals surface area contributed by atoms with E-state index >= 15 is 0 Å². The van der Waals surface area contributed by atoms with Gasteiger partial charge in [-0.15, -0.1) is 0 Å². The molecule has 0 aromatic heterocycles. The maximum atomic E-state index is 12.9. The van der Waals surface area contributed by atoms with Crippen LogP contribution in [-0.4, -0.2) is 35.1 Å². The van der Waals surface area contributed by atoms with Gasteiger partial charge in [0.25, 0.3) is 5.91 Å². The second-order valence-corrected chi connectivity index (χ2v) is 7.23. The first-order chi connectivity index (χ1) is 15.4. The summed E-state index contributed by atoms with van der Waals surface area (Å²) >= 11 is 0. The minimum absolute atomic E-state index is 0.121. The largest absolute Gasteiger partial charge is 0.508 e. The van der Waals surface area contributed by atoms with Gasteiger partial charge in [0.2, 0.25) is 0 Å². The zero-order valence-electron chi connectivity index (χ0n) is 17.9. The Morgan fingerprint density at radius 3 is 2.38 bits per heavy atom. The molecular formula is C26H25NO5. The standard InChI is InChI=1S/C26H25NO5/c1-3-4-5-6-19(18-9-13-21(32-2)14-10-18)16-23(29)24-25(30)22(27-26(24)31)15-17-7-11-20(28)12-8-17/h3-14,16,22,28-29H,15H2,1-2H3,(H,27,31)/b4-3+,6-5+,19-16+,24-23-/t22-/m0/s1. The van der Waals surface area contributed by atoms with Crippen LogP contribution in [0.15, 0.2) is 90.2 Å². The molecule has 6 nitrogen and oxygen atoms in total. The highest BCUT2D eigenvalue weighted by molar-refractivity contribution is 6.27. The highest BCUT2D eigenvalue weighted by atomic mass is 16.5. The van der Waals surface area contributed by atoms with Crippen molar-refractivity contribution < 1.29 is 24.5 Å². The summed E-state index contributed by atoms with van der Waals surface area (Å²) in [6, 6.07) is 12.9. The van der Waals surface area contributed by atoms with E-state index < -0.39 is 23.5 Å². The van der Waals surface area contributed by atoms with E-state index in [4.69, 9.17) is 4.74 Å². The van der Waals surface area contributed by atoms with E-state index in [1.807, 2.05) is 31.2 Å². The summed E-state index contributed by atoms with van der Waals surface area (Å²) in [5, 5.41) is 22.8. The lowest BCUT2D eigenvalue weighted by Gasteiger charge is -2.08. The first-order valence-corrected chi connectivity index (χ1v) is 10.1. The van der Waals surface area contributed by atoms with Crippen molar-refractivity contribution in [2.24, 2.45) is 0 Å². The number of rotatable bonds is 7. The van der Waals surface area contributed by atoms with Crippen molar-refractivity contribution in [3.05, 3.63) is 101 Å². The van der Waals surface area contributed by atoms with Gasteiger partial charge in [0, 0.05) is 6.42 Å². The average Bonchev–Trinajstić information content (AvgIpc) is 3.07. The van der Waals surface area contributed by atoms with Crippen molar-refractivity contribution in [2.75, 3.05) is 7.11 Å². The lowest BCUT2D eigenvalue weighted by molar-refractivity contribution is -0.117. The van der Waals surface area contributed by atoms with Gasteiger partial charge in [-0.1, -0.05) is 48.6 Å². The van der Waals surface area contributed by atoms with Crippen molar-refractivity contribution in [1.29, 1.82) is 0 Å². The fourth-order valence-electron chi connectivity index (χ4n) is 3.34.